The van der Waals surface area contributed by atoms with Gasteiger partial charge in [-0.1, -0.05) is 11.6 Å². The maximum absolute atomic E-state index is 12.8. The van der Waals surface area contributed by atoms with E-state index in [-0.39, 0.29) is 10.6 Å². The van der Waals surface area contributed by atoms with E-state index in [0.717, 1.165) is 18.2 Å². The van der Waals surface area contributed by atoms with Crippen molar-refractivity contribution in [1.29, 1.82) is 0 Å². The second-order valence-electron chi connectivity index (χ2n) is 3.84. The van der Waals surface area contributed by atoms with E-state index in [0.29, 0.717) is 9.50 Å². The van der Waals surface area contributed by atoms with Crippen LogP contribution in [0.25, 0.3) is 0 Å². The number of hydrogen-bond donors (Lipinski definition) is 2. The Hall–Kier alpha value is -1.31. The van der Waals surface area contributed by atoms with Gasteiger partial charge < -0.3 is 5.11 Å². The van der Waals surface area contributed by atoms with E-state index < -0.39 is 21.6 Å². The number of nitrogens with one attached hydrogen (secondary N) is 1. The van der Waals surface area contributed by atoms with Crippen LogP contribution in [0.3, 0.4) is 0 Å². The monoisotopic (exact) mass is 379 g/mol. The Labute approximate surface area is 128 Å². The average molecular weight is 381 g/mol. The maximum Gasteiger partial charge on any atom is 0.262 e. The zero-order valence-corrected chi connectivity index (χ0v) is 12.9. The standard InChI is InChI=1S/C12H8BrClFNO3S/c13-9-6-8(2-3-10(9)14)20(18,19)16-11-4-1-7(15)5-12(11)17/h1-6,16-17H. The third-order valence-corrected chi connectivity index (χ3v) is 4.98. The van der Waals surface area contributed by atoms with Crippen molar-refractivity contribution in [2.24, 2.45) is 0 Å². The SMILES string of the molecule is O=S(=O)(Nc1ccc(F)cc1O)c1ccc(Cl)c(Br)c1. The molecule has 8 heteroatoms. The molecule has 0 spiro atoms. The Kier molecular flexibility index (Phi) is 4.22. The highest BCUT2D eigenvalue weighted by molar-refractivity contribution is 9.10. The van der Waals surface area contributed by atoms with Gasteiger partial charge in [-0.3, -0.25) is 4.72 Å². The van der Waals surface area contributed by atoms with Crippen molar-refractivity contribution in [1.82, 2.24) is 0 Å². The number of benzene rings is 2. The molecule has 0 aliphatic heterocycles. The first-order valence-corrected chi connectivity index (χ1v) is 7.91. The maximum atomic E-state index is 12.8. The van der Waals surface area contributed by atoms with Crippen molar-refractivity contribution in [3.8, 4) is 5.75 Å². The Morgan fingerprint density at radius 2 is 1.90 bits per heavy atom. The molecule has 0 saturated heterocycles. The molecule has 0 bridgehead atoms. The molecular formula is C12H8BrClFNO3S. The fraction of sp³-hybridized carbons (Fsp3) is 0. The van der Waals surface area contributed by atoms with Gasteiger partial charge in [-0.2, -0.15) is 0 Å². The van der Waals surface area contributed by atoms with E-state index in [2.05, 4.69) is 20.7 Å². The van der Waals surface area contributed by atoms with Crippen LogP contribution in [0.2, 0.25) is 5.02 Å². The lowest BCUT2D eigenvalue weighted by Crippen LogP contribution is -2.13. The fourth-order valence-electron chi connectivity index (χ4n) is 1.44. The van der Waals surface area contributed by atoms with Gasteiger partial charge >= 0.3 is 0 Å². The highest BCUT2D eigenvalue weighted by Crippen LogP contribution is 2.29. The molecule has 0 aliphatic rings. The van der Waals surface area contributed by atoms with Gasteiger partial charge in [0.15, 0.2) is 0 Å². The summed E-state index contributed by atoms with van der Waals surface area (Å²) in [5.41, 5.74) is -0.113. The van der Waals surface area contributed by atoms with E-state index in [9.17, 15) is 17.9 Å². The lowest BCUT2D eigenvalue weighted by atomic mass is 10.3. The lowest BCUT2D eigenvalue weighted by Gasteiger charge is -2.10. The molecule has 0 unspecified atom stereocenters. The van der Waals surface area contributed by atoms with Crippen LogP contribution >= 0.6 is 27.5 Å². The first kappa shape index (κ1) is 15.1. The highest BCUT2D eigenvalue weighted by Gasteiger charge is 2.17. The Morgan fingerprint density at radius 3 is 2.50 bits per heavy atom. The molecule has 0 aromatic heterocycles. The molecule has 0 radical (unpaired) electrons. The molecule has 4 nitrogen and oxygen atoms in total. The number of phenolic OH excluding ortho intramolecular Hbond substituents is 1. The van der Waals surface area contributed by atoms with Crippen molar-refractivity contribution in [3.05, 3.63) is 51.7 Å². The number of anilines is 1. The van der Waals surface area contributed by atoms with Gasteiger partial charge in [0.25, 0.3) is 10.0 Å². The molecule has 2 aromatic rings. The van der Waals surface area contributed by atoms with Crippen LogP contribution in [0.4, 0.5) is 10.1 Å². The zero-order valence-electron chi connectivity index (χ0n) is 9.77. The van der Waals surface area contributed by atoms with Crippen molar-refractivity contribution in [2.75, 3.05) is 4.72 Å². The van der Waals surface area contributed by atoms with Crippen LogP contribution in [-0.2, 0) is 10.0 Å². The summed E-state index contributed by atoms with van der Waals surface area (Å²) < 4.78 is 39.7. The molecule has 0 aliphatic carbocycles. The van der Waals surface area contributed by atoms with E-state index in [1.54, 1.807) is 0 Å². The fourth-order valence-corrected chi connectivity index (χ4v) is 3.19. The first-order valence-electron chi connectivity index (χ1n) is 5.26. The van der Waals surface area contributed by atoms with Gasteiger partial charge in [0.05, 0.1) is 15.6 Å². The minimum Gasteiger partial charge on any atom is -0.506 e. The Morgan fingerprint density at radius 1 is 1.20 bits per heavy atom. The quantitative estimate of drug-likeness (QED) is 0.797. The molecular weight excluding hydrogens is 373 g/mol. The Bertz CT molecular complexity index is 767. The largest absolute Gasteiger partial charge is 0.506 e. The minimum atomic E-state index is -3.91. The van der Waals surface area contributed by atoms with Crippen LogP contribution in [0, 0.1) is 5.82 Å². The normalized spacial score (nSPS) is 11.3. The van der Waals surface area contributed by atoms with Crippen LogP contribution in [-0.4, -0.2) is 13.5 Å². The number of sulfonamides is 1. The van der Waals surface area contributed by atoms with E-state index in [4.69, 9.17) is 11.6 Å². The summed E-state index contributed by atoms with van der Waals surface area (Å²) in [5, 5.41) is 9.87. The lowest BCUT2D eigenvalue weighted by molar-refractivity contribution is 0.471. The summed E-state index contributed by atoms with van der Waals surface area (Å²) in [6.45, 7) is 0. The third-order valence-electron chi connectivity index (χ3n) is 2.41. The molecule has 2 rings (SSSR count). The minimum absolute atomic E-state index is 0.0440. The number of halogens is 3. The number of rotatable bonds is 3. The first-order chi connectivity index (χ1) is 9.29. The second-order valence-corrected chi connectivity index (χ2v) is 6.79. The Balaban J connectivity index is 2.38. The molecule has 0 atom stereocenters. The number of phenols is 1. The summed E-state index contributed by atoms with van der Waals surface area (Å²) in [7, 11) is -3.91. The third kappa shape index (κ3) is 3.23. The summed E-state index contributed by atoms with van der Waals surface area (Å²) in [6.07, 6.45) is 0. The molecule has 2 N–H and O–H groups in total. The summed E-state index contributed by atoms with van der Waals surface area (Å²) in [5.74, 6) is -1.17. The topological polar surface area (TPSA) is 66.4 Å². The van der Waals surface area contributed by atoms with E-state index in [1.807, 2.05) is 0 Å². The molecule has 0 heterocycles. The van der Waals surface area contributed by atoms with Crippen molar-refractivity contribution < 1.29 is 17.9 Å². The van der Waals surface area contributed by atoms with Gasteiger partial charge in [-0.15, -0.1) is 0 Å². The zero-order chi connectivity index (χ0) is 14.9. The molecule has 106 valence electrons. The highest BCUT2D eigenvalue weighted by atomic mass is 79.9. The molecule has 0 saturated carbocycles. The summed E-state index contributed by atoms with van der Waals surface area (Å²) in [4.78, 5) is -0.0440. The van der Waals surface area contributed by atoms with Crippen molar-refractivity contribution in [3.63, 3.8) is 0 Å². The molecule has 20 heavy (non-hydrogen) atoms. The second kappa shape index (κ2) is 5.59. The van der Waals surface area contributed by atoms with E-state index in [1.165, 1.54) is 18.2 Å². The number of aromatic hydroxyl groups is 1. The summed E-state index contributed by atoms with van der Waals surface area (Å²) >= 11 is 8.91. The van der Waals surface area contributed by atoms with Crippen LogP contribution in [0.1, 0.15) is 0 Å². The van der Waals surface area contributed by atoms with Crippen LogP contribution in [0.5, 0.6) is 5.75 Å². The van der Waals surface area contributed by atoms with Crippen molar-refractivity contribution >= 4 is 43.2 Å². The van der Waals surface area contributed by atoms with E-state index >= 15 is 0 Å². The van der Waals surface area contributed by atoms with Gasteiger partial charge in [-0.25, -0.2) is 12.8 Å². The summed E-state index contributed by atoms with van der Waals surface area (Å²) in [6, 6.07) is 7.05. The average Bonchev–Trinajstić information content (AvgIpc) is 2.36. The van der Waals surface area contributed by atoms with Crippen molar-refractivity contribution in [2.45, 2.75) is 4.90 Å². The molecule has 2 aromatic carbocycles. The van der Waals surface area contributed by atoms with Gasteiger partial charge in [0, 0.05) is 10.5 Å². The molecule has 0 fully saturated rings. The van der Waals surface area contributed by atoms with Gasteiger partial charge in [0.1, 0.15) is 11.6 Å². The van der Waals surface area contributed by atoms with Gasteiger partial charge in [0.2, 0.25) is 0 Å². The molecule has 0 amide bonds. The predicted octanol–water partition coefficient (Wildman–Crippen LogP) is 3.75. The van der Waals surface area contributed by atoms with Gasteiger partial charge in [-0.05, 0) is 46.3 Å². The predicted molar refractivity (Wildman–Crippen MR) is 78.0 cm³/mol. The van der Waals surface area contributed by atoms with Crippen LogP contribution < -0.4 is 4.72 Å². The smallest absolute Gasteiger partial charge is 0.262 e. The number of hydrogen-bond acceptors (Lipinski definition) is 3. The van der Waals surface area contributed by atoms with Crippen LogP contribution in [0.15, 0.2) is 45.8 Å².